The number of aromatic nitrogens is 3. The fraction of sp³-hybridized carbons (Fsp3) is 0.438. The van der Waals surface area contributed by atoms with Crippen LogP contribution in [0.1, 0.15) is 6.42 Å². The summed E-state index contributed by atoms with van der Waals surface area (Å²) in [6.07, 6.45) is 6.61. The van der Waals surface area contributed by atoms with Gasteiger partial charge in [-0.3, -0.25) is 9.67 Å². The van der Waals surface area contributed by atoms with Gasteiger partial charge < -0.3 is 15.0 Å². The lowest BCUT2D eigenvalue weighted by molar-refractivity contribution is 0.205. The molecule has 1 atom stereocenters. The van der Waals surface area contributed by atoms with Crippen molar-refractivity contribution in [1.82, 2.24) is 25.0 Å². The Morgan fingerprint density at radius 3 is 3.09 bits per heavy atom. The first-order valence-corrected chi connectivity index (χ1v) is 7.86. The minimum atomic E-state index is 0.148. The van der Waals surface area contributed by atoms with Gasteiger partial charge in [-0.2, -0.15) is 5.10 Å². The number of hydrogen-bond donors (Lipinski definition) is 1. The Balaban J connectivity index is 1.46. The predicted octanol–water partition coefficient (Wildman–Crippen LogP) is 1.01. The van der Waals surface area contributed by atoms with Gasteiger partial charge in [0, 0.05) is 51.2 Å². The molecule has 7 nitrogen and oxygen atoms in total. The molecule has 1 N–H and O–H groups in total. The third-order valence-electron chi connectivity index (χ3n) is 3.76. The molecule has 0 aromatic carbocycles. The Labute approximate surface area is 136 Å². The molecule has 0 spiro atoms. The standard InChI is InChI=1S/C16H22N6O/c1-17-16(19-9-12-22-10-4-8-20-22)21-11-6-14(13-21)23-15-5-2-3-7-18-15/h2-5,7-8,10,14H,6,9,11-13H2,1H3,(H,17,19). The molecule has 1 fully saturated rings. The average molecular weight is 314 g/mol. The first-order valence-electron chi connectivity index (χ1n) is 7.86. The zero-order valence-electron chi connectivity index (χ0n) is 13.3. The second-order valence-corrected chi connectivity index (χ2v) is 5.39. The zero-order valence-corrected chi connectivity index (χ0v) is 13.3. The molecule has 0 aliphatic carbocycles. The van der Waals surface area contributed by atoms with E-state index in [9.17, 15) is 0 Å². The largest absolute Gasteiger partial charge is 0.472 e. The second-order valence-electron chi connectivity index (χ2n) is 5.39. The van der Waals surface area contributed by atoms with Crippen molar-refractivity contribution in [3.8, 4) is 5.88 Å². The molecule has 1 aliphatic rings. The second kappa shape index (κ2) is 7.62. The van der Waals surface area contributed by atoms with Gasteiger partial charge in [0.05, 0.1) is 13.1 Å². The van der Waals surface area contributed by atoms with Gasteiger partial charge in [-0.05, 0) is 12.1 Å². The number of hydrogen-bond acceptors (Lipinski definition) is 4. The van der Waals surface area contributed by atoms with E-state index >= 15 is 0 Å². The summed E-state index contributed by atoms with van der Waals surface area (Å²) in [5, 5.41) is 7.57. The summed E-state index contributed by atoms with van der Waals surface area (Å²) in [5.41, 5.74) is 0. The molecule has 3 rings (SSSR count). The quantitative estimate of drug-likeness (QED) is 0.659. The van der Waals surface area contributed by atoms with Crippen LogP contribution in [0.15, 0.2) is 47.8 Å². The van der Waals surface area contributed by atoms with Crippen molar-refractivity contribution in [3.63, 3.8) is 0 Å². The lowest BCUT2D eigenvalue weighted by Gasteiger charge is -2.21. The van der Waals surface area contributed by atoms with Crippen LogP contribution in [0.25, 0.3) is 0 Å². The third-order valence-corrected chi connectivity index (χ3v) is 3.76. The summed E-state index contributed by atoms with van der Waals surface area (Å²) < 4.78 is 7.81. The molecule has 1 aliphatic heterocycles. The molecule has 0 saturated carbocycles. The molecule has 3 heterocycles. The normalized spacial score (nSPS) is 18.2. The van der Waals surface area contributed by atoms with Crippen molar-refractivity contribution in [2.45, 2.75) is 19.1 Å². The van der Waals surface area contributed by atoms with E-state index in [1.807, 2.05) is 42.2 Å². The Bertz CT molecular complexity index is 613. The van der Waals surface area contributed by atoms with Gasteiger partial charge in [-0.25, -0.2) is 4.98 Å². The number of nitrogens with zero attached hydrogens (tertiary/aromatic N) is 5. The van der Waals surface area contributed by atoms with Crippen LogP contribution in [0.4, 0.5) is 0 Å². The van der Waals surface area contributed by atoms with E-state index in [1.165, 1.54) is 0 Å². The monoisotopic (exact) mass is 314 g/mol. The van der Waals surface area contributed by atoms with Gasteiger partial charge in [-0.1, -0.05) is 6.07 Å². The Kier molecular flexibility index (Phi) is 5.08. The van der Waals surface area contributed by atoms with E-state index < -0.39 is 0 Å². The van der Waals surface area contributed by atoms with Crippen molar-refractivity contribution in [1.29, 1.82) is 0 Å². The molecule has 2 aromatic heterocycles. The fourth-order valence-electron chi connectivity index (χ4n) is 2.65. The highest BCUT2D eigenvalue weighted by atomic mass is 16.5. The van der Waals surface area contributed by atoms with E-state index in [4.69, 9.17) is 4.74 Å². The van der Waals surface area contributed by atoms with Crippen LogP contribution in [0.3, 0.4) is 0 Å². The number of nitrogens with one attached hydrogen (secondary N) is 1. The van der Waals surface area contributed by atoms with Crippen molar-refractivity contribution in [2.24, 2.45) is 4.99 Å². The molecule has 7 heteroatoms. The van der Waals surface area contributed by atoms with Crippen LogP contribution >= 0.6 is 0 Å². The predicted molar refractivity (Wildman–Crippen MR) is 88.4 cm³/mol. The molecule has 0 bridgehead atoms. The fourth-order valence-corrected chi connectivity index (χ4v) is 2.65. The van der Waals surface area contributed by atoms with E-state index in [-0.39, 0.29) is 6.10 Å². The van der Waals surface area contributed by atoms with Crippen LogP contribution in [0.2, 0.25) is 0 Å². The van der Waals surface area contributed by atoms with E-state index in [2.05, 4.69) is 25.3 Å². The molecule has 122 valence electrons. The number of aliphatic imine (C=N–C) groups is 1. The Morgan fingerprint density at radius 1 is 1.39 bits per heavy atom. The van der Waals surface area contributed by atoms with Crippen LogP contribution in [0, 0.1) is 0 Å². The smallest absolute Gasteiger partial charge is 0.213 e. The van der Waals surface area contributed by atoms with Gasteiger partial charge in [0.15, 0.2) is 5.96 Å². The Hall–Kier alpha value is -2.57. The summed E-state index contributed by atoms with van der Waals surface area (Å²) in [6.45, 7) is 3.35. The highest BCUT2D eigenvalue weighted by Gasteiger charge is 2.26. The van der Waals surface area contributed by atoms with E-state index in [0.717, 1.165) is 38.6 Å². The minimum Gasteiger partial charge on any atom is -0.472 e. The van der Waals surface area contributed by atoms with E-state index in [1.54, 1.807) is 12.4 Å². The number of likely N-dealkylation sites (tertiary alicyclic amines) is 1. The highest BCUT2D eigenvalue weighted by molar-refractivity contribution is 5.80. The van der Waals surface area contributed by atoms with Crippen molar-refractivity contribution in [2.75, 3.05) is 26.7 Å². The number of pyridine rings is 1. The van der Waals surface area contributed by atoms with Crippen LogP contribution in [0.5, 0.6) is 5.88 Å². The first-order chi connectivity index (χ1) is 11.3. The molecule has 1 unspecified atom stereocenters. The van der Waals surface area contributed by atoms with Crippen LogP contribution in [-0.2, 0) is 6.54 Å². The SMILES string of the molecule is CN=C(NCCn1cccn1)N1CCC(Oc2ccccn2)C1. The zero-order chi connectivity index (χ0) is 15.9. The summed E-state index contributed by atoms with van der Waals surface area (Å²) in [5.74, 6) is 1.59. The van der Waals surface area contributed by atoms with E-state index in [0.29, 0.717) is 5.88 Å². The van der Waals surface area contributed by atoms with Crippen molar-refractivity contribution >= 4 is 5.96 Å². The molecule has 2 aromatic rings. The summed E-state index contributed by atoms with van der Waals surface area (Å²) in [7, 11) is 1.81. The number of rotatable bonds is 5. The average Bonchev–Trinajstić information content (AvgIpc) is 3.25. The van der Waals surface area contributed by atoms with Gasteiger partial charge in [0.2, 0.25) is 5.88 Å². The summed E-state index contributed by atoms with van der Waals surface area (Å²) in [4.78, 5) is 10.8. The summed E-state index contributed by atoms with van der Waals surface area (Å²) >= 11 is 0. The maximum absolute atomic E-state index is 5.91. The lowest BCUT2D eigenvalue weighted by atomic mass is 10.3. The third kappa shape index (κ3) is 4.21. The van der Waals surface area contributed by atoms with Gasteiger partial charge >= 0.3 is 0 Å². The molecule has 23 heavy (non-hydrogen) atoms. The van der Waals surface area contributed by atoms with Crippen LogP contribution < -0.4 is 10.1 Å². The first kappa shape index (κ1) is 15.3. The number of ether oxygens (including phenoxy) is 1. The topological polar surface area (TPSA) is 67.6 Å². The molecule has 0 radical (unpaired) electrons. The lowest BCUT2D eigenvalue weighted by Crippen LogP contribution is -2.42. The van der Waals surface area contributed by atoms with Crippen molar-refractivity contribution < 1.29 is 4.74 Å². The maximum Gasteiger partial charge on any atom is 0.213 e. The maximum atomic E-state index is 5.91. The van der Waals surface area contributed by atoms with Crippen LogP contribution in [-0.4, -0.2) is 58.4 Å². The molecule has 1 saturated heterocycles. The molecular formula is C16H22N6O. The van der Waals surface area contributed by atoms with Crippen molar-refractivity contribution in [3.05, 3.63) is 42.9 Å². The van der Waals surface area contributed by atoms with Gasteiger partial charge in [-0.15, -0.1) is 0 Å². The molecule has 0 amide bonds. The van der Waals surface area contributed by atoms with Gasteiger partial charge in [0.1, 0.15) is 6.10 Å². The minimum absolute atomic E-state index is 0.148. The number of guanidine groups is 1. The molecular weight excluding hydrogens is 292 g/mol. The Morgan fingerprint density at radius 2 is 2.35 bits per heavy atom. The highest BCUT2D eigenvalue weighted by Crippen LogP contribution is 2.16. The summed E-state index contributed by atoms with van der Waals surface area (Å²) in [6, 6.07) is 7.64. The van der Waals surface area contributed by atoms with Gasteiger partial charge in [0.25, 0.3) is 0 Å².